The van der Waals surface area contributed by atoms with Gasteiger partial charge in [-0.15, -0.1) is 11.3 Å². The van der Waals surface area contributed by atoms with Crippen LogP contribution in [0.25, 0.3) is 11.7 Å². The maximum atomic E-state index is 13.2. The fraction of sp³-hybridized carbons (Fsp3) is 0.348. The lowest BCUT2D eigenvalue weighted by molar-refractivity contribution is -0.131. The van der Waals surface area contributed by atoms with Crippen molar-refractivity contribution >= 4 is 45.9 Å². The smallest absolute Gasteiger partial charge is 0.328 e. The molecule has 3 aromatic rings. The normalized spacial score (nSPS) is 14.6. The number of pyridine rings is 1. The van der Waals surface area contributed by atoms with Gasteiger partial charge in [0.25, 0.3) is 11.5 Å². The van der Waals surface area contributed by atoms with Crippen molar-refractivity contribution in [1.82, 2.24) is 14.4 Å². The second kappa shape index (κ2) is 9.35. The number of fused-ring (bicyclic) bond motifs is 1. The number of carbonyl (C=O) groups excluding carboxylic acids is 1. The number of carboxylic acids is 1. The third-order valence-electron chi connectivity index (χ3n) is 5.30. The van der Waals surface area contributed by atoms with Crippen molar-refractivity contribution in [1.29, 1.82) is 0 Å². The number of carbonyl (C=O) groups is 2. The minimum absolute atomic E-state index is 0.129. The van der Waals surface area contributed by atoms with Crippen molar-refractivity contribution in [3.05, 3.63) is 57.0 Å². The molecule has 34 heavy (non-hydrogen) atoms. The van der Waals surface area contributed by atoms with Gasteiger partial charge in [0, 0.05) is 41.7 Å². The van der Waals surface area contributed by atoms with E-state index in [0.29, 0.717) is 42.8 Å². The molecule has 0 aliphatic carbocycles. The SMILES string of the molecule is CC(C)(C)c1csc(NC(=O)c2ccn3c(=O)c(/C=C/C(=O)O)c(N4CCOCC4)nc3c2)n1. The van der Waals surface area contributed by atoms with Gasteiger partial charge in [0.15, 0.2) is 5.13 Å². The van der Waals surface area contributed by atoms with Crippen LogP contribution in [0.1, 0.15) is 42.4 Å². The molecule has 0 saturated carbocycles. The molecule has 0 radical (unpaired) electrons. The van der Waals surface area contributed by atoms with Crippen LogP contribution in [0.3, 0.4) is 0 Å². The van der Waals surface area contributed by atoms with Crippen molar-refractivity contribution in [2.75, 3.05) is 36.5 Å². The van der Waals surface area contributed by atoms with Crippen molar-refractivity contribution in [2.45, 2.75) is 26.2 Å². The van der Waals surface area contributed by atoms with Gasteiger partial charge in [-0.2, -0.15) is 0 Å². The molecule has 0 atom stereocenters. The molecule has 4 rings (SSSR count). The van der Waals surface area contributed by atoms with E-state index in [0.717, 1.165) is 11.8 Å². The van der Waals surface area contributed by atoms with Gasteiger partial charge >= 0.3 is 5.97 Å². The lowest BCUT2D eigenvalue weighted by atomic mass is 9.93. The van der Waals surface area contributed by atoms with Gasteiger partial charge < -0.3 is 14.7 Å². The number of carboxylic acid groups (broad SMARTS) is 1. The van der Waals surface area contributed by atoms with Gasteiger partial charge in [-0.25, -0.2) is 14.8 Å². The number of nitrogens with zero attached hydrogens (tertiary/aromatic N) is 4. The number of anilines is 2. The van der Waals surface area contributed by atoms with E-state index >= 15 is 0 Å². The first-order chi connectivity index (χ1) is 16.1. The second-order valence-corrected chi connectivity index (χ2v) is 9.67. The standard InChI is InChI=1S/C23H25N5O5S/c1-23(2,3)16-13-34-22(24-16)26-20(31)14-6-7-28-17(12-14)25-19(27-8-10-33-11-9-27)15(21(28)32)4-5-18(29)30/h4-7,12-13H,8-11H2,1-3H3,(H,29,30)(H,24,26,31)/b5-4+. The van der Waals surface area contributed by atoms with Crippen LogP contribution in [0.15, 0.2) is 34.6 Å². The highest BCUT2D eigenvalue weighted by Gasteiger charge is 2.21. The number of ether oxygens (including phenoxy) is 1. The predicted molar refractivity (Wildman–Crippen MR) is 130 cm³/mol. The Labute approximate surface area is 199 Å². The summed E-state index contributed by atoms with van der Waals surface area (Å²) in [4.78, 5) is 48.1. The lowest BCUT2D eigenvalue weighted by Gasteiger charge is -2.29. The van der Waals surface area contributed by atoms with Crippen molar-refractivity contribution in [3.8, 4) is 0 Å². The Bertz CT molecular complexity index is 1330. The molecule has 1 saturated heterocycles. The molecule has 1 amide bonds. The van der Waals surface area contributed by atoms with Crippen LogP contribution in [0.2, 0.25) is 0 Å². The molecule has 0 unspecified atom stereocenters. The number of thiazole rings is 1. The summed E-state index contributed by atoms with van der Waals surface area (Å²) in [5.74, 6) is -1.17. The summed E-state index contributed by atoms with van der Waals surface area (Å²) >= 11 is 1.35. The van der Waals surface area contributed by atoms with E-state index in [2.05, 4.69) is 15.3 Å². The van der Waals surface area contributed by atoms with Crippen molar-refractivity contribution < 1.29 is 19.4 Å². The highest BCUT2D eigenvalue weighted by molar-refractivity contribution is 7.14. The van der Waals surface area contributed by atoms with Gasteiger partial charge in [0.05, 0.1) is 24.5 Å². The minimum atomic E-state index is -1.17. The molecule has 1 fully saturated rings. The topological polar surface area (TPSA) is 126 Å². The molecular formula is C23H25N5O5S. The van der Waals surface area contributed by atoms with Crippen LogP contribution >= 0.6 is 11.3 Å². The third kappa shape index (κ3) is 5.00. The average molecular weight is 484 g/mol. The number of hydrogen-bond acceptors (Lipinski definition) is 8. The van der Waals surface area contributed by atoms with Crippen LogP contribution in [-0.2, 0) is 14.9 Å². The summed E-state index contributed by atoms with van der Waals surface area (Å²) in [7, 11) is 0. The lowest BCUT2D eigenvalue weighted by Crippen LogP contribution is -2.38. The van der Waals surface area contributed by atoms with Gasteiger partial charge in [-0.1, -0.05) is 20.8 Å². The zero-order valence-electron chi connectivity index (χ0n) is 19.1. The fourth-order valence-corrected chi connectivity index (χ4v) is 4.37. The Morgan fingerprint density at radius 3 is 2.62 bits per heavy atom. The summed E-state index contributed by atoms with van der Waals surface area (Å²) < 4.78 is 6.68. The number of amides is 1. The molecule has 178 valence electrons. The molecule has 0 aromatic carbocycles. The maximum absolute atomic E-state index is 13.2. The molecule has 2 N–H and O–H groups in total. The van der Waals surface area contributed by atoms with E-state index in [1.807, 2.05) is 31.1 Å². The Kier molecular flexibility index (Phi) is 6.49. The number of nitrogens with one attached hydrogen (secondary N) is 1. The molecular weight excluding hydrogens is 458 g/mol. The number of hydrogen-bond donors (Lipinski definition) is 2. The van der Waals surface area contributed by atoms with Crippen LogP contribution in [0, 0.1) is 0 Å². The largest absolute Gasteiger partial charge is 0.478 e. The van der Waals surface area contributed by atoms with E-state index in [-0.39, 0.29) is 22.5 Å². The fourth-order valence-electron chi connectivity index (χ4n) is 3.44. The molecule has 1 aliphatic heterocycles. The molecule has 11 heteroatoms. The Morgan fingerprint density at radius 1 is 1.24 bits per heavy atom. The Balaban J connectivity index is 1.71. The summed E-state index contributed by atoms with van der Waals surface area (Å²) in [6.07, 6.45) is 3.63. The van der Waals surface area contributed by atoms with E-state index in [1.54, 1.807) is 0 Å². The number of aromatic nitrogens is 3. The summed E-state index contributed by atoms with van der Waals surface area (Å²) in [6, 6.07) is 3.05. The molecule has 0 spiro atoms. The molecule has 3 aromatic heterocycles. The van der Waals surface area contributed by atoms with Crippen LogP contribution in [0.5, 0.6) is 0 Å². The monoisotopic (exact) mass is 483 g/mol. The molecule has 10 nitrogen and oxygen atoms in total. The first-order valence-corrected chi connectivity index (χ1v) is 11.6. The van der Waals surface area contributed by atoms with Crippen molar-refractivity contribution in [3.63, 3.8) is 0 Å². The first-order valence-electron chi connectivity index (χ1n) is 10.7. The third-order valence-corrected chi connectivity index (χ3v) is 6.06. The van der Waals surface area contributed by atoms with Gasteiger partial charge in [-0.3, -0.25) is 19.3 Å². The minimum Gasteiger partial charge on any atom is -0.478 e. The van der Waals surface area contributed by atoms with Gasteiger partial charge in [0.2, 0.25) is 0 Å². The van der Waals surface area contributed by atoms with Crippen molar-refractivity contribution in [2.24, 2.45) is 0 Å². The van der Waals surface area contributed by atoms with E-state index in [1.165, 1.54) is 40.1 Å². The molecule has 4 heterocycles. The highest BCUT2D eigenvalue weighted by Crippen LogP contribution is 2.27. The number of rotatable bonds is 5. The van der Waals surface area contributed by atoms with Crippen LogP contribution in [-0.4, -0.2) is 57.7 Å². The highest BCUT2D eigenvalue weighted by atomic mass is 32.1. The number of morpholine rings is 1. The van der Waals surface area contributed by atoms with Gasteiger partial charge in [0.1, 0.15) is 11.5 Å². The zero-order chi connectivity index (χ0) is 24.5. The van der Waals surface area contributed by atoms with E-state index in [9.17, 15) is 14.4 Å². The summed E-state index contributed by atoms with van der Waals surface area (Å²) in [5, 5.41) is 14.3. The maximum Gasteiger partial charge on any atom is 0.328 e. The Hall–Kier alpha value is -3.57. The summed E-state index contributed by atoms with van der Waals surface area (Å²) in [5.41, 5.74) is 1.09. The quantitative estimate of drug-likeness (QED) is 0.531. The predicted octanol–water partition coefficient (Wildman–Crippen LogP) is 2.64. The number of aliphatic carboxylic acids is 1. The zero-order valence-corrected chi connectivity index (χ0v) is 19.9. The Morgan fingerprint density at radius 2 is 1.97 bits per heavy atom. The second-order valence-electron chi connectivity index (χ2n) is 8.81. The average Bonchev–Trinajstić information content (AvgIpc) is 3.27. The molecule has 1 aliphatic rings. The molecule has 0 bridgehead atoms. The van der Waals surface area contributed by atoms with E-state index in [4.69, 9.17) is 9.84 Å². The first kappa shape index (κ1) is 23.6. The van der Waals surface area contributed by atoms with E-state index < -0.39 is 11.5 Å². The van der Waals surface area contributed by atoms with Gasteiger partial charge in [-0.05, 0) is 18.2 Å². The summed E-state index contributed by atoms with van der Waals surface area (Å²) in [6.45, 7) is 8.10. The van der Waals surface area contributed by atoms with Crippen LogP contribution < -0.4 is 15.8 Å². The van der Waals surface area contributed by atoms with Crippen LogP contribution in [0.4, 0.5) is 10.9 Å².